The van der Waals surface area contributed by atoms with E-state index >= 15 is 0 Å². The highest BCUT2D eigenvalue weighted by molar-refractivity contribution is 7.90. The Morgan fingerprint density at radius 3 is 2.67 bits per heavy atom. The molecule has 0 saturated carbocycles. The minimum Gasteiger partial charge on any atom is -0.262 e. The van der Waals surface area contributed by atoms with E-state index in [0.29, 0.717) is 18.9 Å². The predicted molar refractivity (Wildman–Crippen MR) is 56.7 cm³/mol. The average Bonchev–Trinajstić information content (AvgIpc) is 2.77. The van der Waals surface area contributed by atoms with Crippen molar-refractivity contribution in [3.63, 3.8) is 0 Å². The molecule has 15 heavy (non-hydrogen) atoms. The SMILES string of the molecule is Cc1cn[nH]c1NS(=O)(=O)N1CCCC1. The Hall–Kier alpha value is -1.08. The first-order valence-electron chi connectivity index (χ1n) is 4.87. The van der Waals surface area contributed by atoms with Gasteiger partial charge in [0.1, 0.15) is 5.82 Å². The minimum atomic E-state index is -3.39. The second-order valence-corrected chi connectivity index (χ2v) is 5.31. The summed E-state index contributed by atoms with van der Waals surface area (Å²) < 4.78 is 27.6. The van der Waals surface area contributed by atoms with E-state index in [4.69, 9.17) is 0 Å². The number of hydrogen-bond acceptors (Lipinski definition) is 3. The van der Waals surface area contributed by atoms with Crippen molar-refractivity contribution in [3.8, 4) is 0 Å². The maximum atomic E-state index is 11.8. The van der Waals surface area contributed by atoms with Crippen LogP contribution in [0.1, 0.15) is 18.4 Å². The van der Waals surface area contributed by atoms with Crippen molar-refractivity contribution in [1.29, 1.82) is 0 Å². The van der Waals surface area contributed by atoms with E-state index in [1.807, 2.05) is 0 Å². The lowest BCUT2D eigenvalue weighted by Crippen LogP contribution is -2.33. The largest absolute Gasteiger partial charge is 0.302 e. The van der Waals surface area contributed by atoms with E-state index in [-0.39, 0.29) is 0 Å². The van der Waals surface area contributed by atoms with Crippen LogP contribution in [0.4, 0.5) is 5.82 Å². The molecule has 0 radical (unpaired) electrons. The number of aryl methyl sites for hydroxylation is 1. The molecule has 7 heteroatoms. The molecule has 0 aromatic carbocycles. The van der Waals surface area contributed by atoms with Crippen LogP contribution in [0.15, 0.2) is 6.20 Å². The van der Waals surface area contributed by atoms with Crippen LogP contribution in [0.2, 0.25) is 0 Å². The summed E-state index contributed by atoms with van der Waals surface area (Å²) in [5.41, 5.74) is 0.790. The summed E-state index contributed by atoms with van der Waals surface area (Å²) in [4.78, 5) is 0. The van der Waals surface area contributed by atoms with E-state index < -0.39 is 10.2 Å². The molecule has 84 valence electrons. The molecule has 0 atom stereocenters. The topological polar surface area (TPSA) is 78.1 Å². The second kappa shape index (κ2) is 3.82. The zero-order chi connectivity index (χ0) is 10.9. The van der Waals surface area contributed by atoms with Gasteiger partial charge in [-0.05, 0) is 19.8 Å². The number of hydrogen-bond donors (Lipinski definition) is 2. The monoisotopic (exact) mass is 230 g/mol. The number of nitrogens with one attached hydrogen (secondary N) is 2. The summed E-state index contributed by atoms with van der Waals surface area (Å²) in [7, 11) is -3.39. The first-order valence-corrected chi connectivity index (χ1v) is 6.31. The Morgan fingerprint density at radius 1 is 1.47 bits per heavy atom. The summed E-state index contributed by atoms with van der Waals surface area (Å²) in [6, 6.07) is 0. The normalized spacial score (nSPS) is 18.2. The van der Waals surface area contributed by atoms with Crippen molar-refractivity contribution in [3.05, 3.63) is 11.8 Å². The van der Waals surface area contributed by atoms with Crippen molar-refractivity contribution in [2.75, 3.05) is 17.8 Å². The van der Waals surface area contributed by atoms with Gasteiger partial charge in [-0.15, -0.1) is 0 Å². The highest BCUT2D eigenvalue weighted by Gasteiger charge is 2.25. The highest BCUT2D eigenvalue weighted by Crippen LogP contribution is 2.16. The molecule has 0 bridgehead atoms. The molecule has 1 aliphatic rings. The average molecular weight is 230 g/mol. The zero-order valence-electron chi connectivity index (χ0n) is 8.52. The van der Waals surface area contributed by atoms with Crippen molar-refractivity contribution < 1.29 is 8.42 Å². The summed E-state index contributed by atoms with van der Waals surface area (Å²) >= 11 is 0. The lowest BCUT2D eigenvalue weighted by Gasteiger charge is -2.15. The van der Waals surface area contributed by atoms with Gasteiger partial charge in [0.15, 0.2) is 0 Å². The zero-order valence-corrected chi connectivity index (χ0v) is 9.34. The summed E-state index contributed by atoms with van der Waals surface area (Å²) in [6.07, 6.45) is 3.45. The first-order chi connectivity index (χ1) is 7.09. The van der Waals surface area contributed by atoms with Crippen LogP contribution in [-0.2, 0) is 10.2 Å². The van der Waals surface area contributed by atoms with E-state index in [0.717, 1.165) is 18.4 Å². The fourth-order valence-corrected chi connectivity index (χ4v) is 2.90. The predicted octanol–water partition coefficient (Wildman–Crippen LogP) is 0.471. The maximum Gasteiger partial charge on any atom is 0.302 e. The number of nitrogens with zero attached hydrogens (tertiary/aromatic N) is 2. The number of rotatable bonds is 3. The van der Waals surface area contributed by atoms with Crippen molar-refractivity contribution >= 4 is 16.0 Å². The maximum absolute atomic E-state index is 11.8. The van der Waals surface area contributed by atoms with E-state index in [2.05, 4.69) is 14.9 Å². The van der Waals surface area contributed by atoms with Gasteiger partial charge in [0.25, 0.3) is 0 Å². The molecule has 2 heterocycles. The fourth-order valence-electron chi connectivity index (χ4n) is 1.57. The van der Waals surface area contributed by atoms with Crippen LogP contribution in [0.5, 0.6) is 0 Å². The third-order valence-electron chi connectivity index (χ3n) is 2.46. The Bertz CT molecular complexity index is 433. The molecule has 1 aromatic heterocycles. The van der Waals surface area contributed by atoms with Crippen LogP contribution in [0.3, 0.4) is 0 Å². The smallest absolute Gasteiger partial charge is 0.262 e. The molecular formula is C8H14N4O2S. The van der Waals surface area contributed by atoms with E-state index in [1.165, 1.54) is 4.31 Å². The molecule has 6 nitrogen and oxygen atoms in total. The molecule has 1 saturated heterocycles. The molecule has 0 spiro atoms. The van der Waals surface area contributed by atoms with Gasteiger partial charge in [-0.3, -0.25) is 9.82 Å². The van der Waals surface area contributed by atoms with Crippen LogP contribution >= 0.6 is 0 Å². The van der Waals surface area contributed by atoms with E-state index in [1.54, 1.807) is 13.1 Å². The van der Waals surface area contributed by atoms with Gasteiger partial charge in [0.2, 0.25) is 0 Å². The van der Waals surface area contributed by atoms with Gasteiger partial charge in [-0.1, -0.05) is 0 Å². The number of aromatic nitrogens is 2. The van der Waals surface area contributed by atoms with Gasteiger partial charge >= 0.3 is 10.2 Å². The van der Waals surface area contributed by atoms with Gasteiger partial charge in [-0.25, -0.2) is 0 Å². The van der Waals surface area contributed by atoms with Crippen LogP contribution < -0.4 is 4.72 Å². The van der Waals surface area contributed by atoms with Gasteiger partial charge in [0, 0.05) is 18.7 Å². The summed E-state index contributed by atoms with van der Waals surface area (Å²) in [5.74, 6) is 0.446. The fraction of sp³-hybridized carbons (Fsp3) is 0.625. The van der Waals surface area contributed by atoms with Crippen LogP contribution in [0, 0.1) is 6.92 Å². The van der Waals surface area contributed by atoms with Crippen molar-refractivity contribution in [2.24, 2.45) is 0 Å². The Kier molecular flexibility index (Phi) is 2.66. The minimum absolute atomic E-state index is 0.446. The molecule has 0 amide bonds. The number of anilines is 1. The highest BCUT2D eigenvalue weighted by atomic mass is 32.2. The molecule has 0 unspecified atom stereocenters. The quantitative estimate of drug-likeness (QED) is 0.792. The molecule has 1 fully saturated rings. The molecule has 1 aliphatic heterocycles. The Morgan fingerprint density at radius 2 is 2.13 bits per heavy atom. The Balaban J connectivity index is 2.14. The van der Waals surface area contributed by atoms with E-state index in [9.17, 15) is 8.42 Å². The second-order valence-electron chi connectivity index (χ2n) is 3.64. The standard InChI is InChI=1S/C8H14N4O2S/c1-7-6-9-10-8(7)11-15(13,14)12-4-2-3-5-12/h6H,2-5H2,1H3,(H2,9,10,11). The summed E-state index contributed by atoms with van der Waals surface area (Å²) in [5, 5.41) is 6.38. The molecule has 2 N–H and O–H groups in total. The third kappa shape index (κ3) is 2.13. The van der Waals surface area contributed by atoms with Gasteiger partial charge in [0.05, 0.1) is 6.20 Å². The lowest BCUT2D eigenvalue weighted by atomic mass is 10.4. The third-order valence-corrected chi connectivity index (χ3v) is 3.97. The molecular weight excluding hydrogens is 216 g/mol. The van der Waals surface area contributed by atoms with Crippen molar-refractivity contribution in [2.45, 2.75) is 19.8 Å². The number of H-pyrrole nitrogens is 1. The van der Waals surface area contributed by atoms with Gasteiger partial charge in [-0.2, -0.15) is 17.8 Å². The van der Waals surface area contributed by atoms with Crippen LogP contribution in [0.25, 0.3) is 0 Å². The first kappa shape index (κ1) is 10.4. The molecule has 2 rings (SSSR count). The van der Waals surface area contributed by atoms with Crippen molar-refractivity contribution in [1.82, 2.24) is 14.5 Å². The molecule has 0 aliphatic carbocycles. The molecule has 1 aromatic rings. The summed E-state index contributed by atoms with van der Waals surface area (Å²) in [6.45, 7) is 3.00. The van der Waals surface area contributed by atoms with Gasteiger partial charge < -0.3 is 0 Å². The lowest BCUT2D eigenvalue weighted by molar-refractivity contribution is 0.482. The number of aromatic amines is 1. The van der Waals surface area contributed by atoms with Crippen LogP contribution in [-0.4, -0.2) is 36.0 Å². The Labute approximate surface area is 88.9 Å².